The highest BCUT2D eigenvalue weighted by Crippen LogP contribution is 2.24. The molecule has 2 aromatic rings. The third-order valence-corrected chi connectivity index (χ3v) is 3.43. The van der Waals surface area contributed by atoms with E-state index in [9.17, 15) is 9.59 Å². The third kappa shape index (κ3) is 2.62. The topological polar surface area (TPSA) is 88.9 Å². The largest absolute Gasteiger partial charge is 0.326 e. The number of benzene rings is 1. The number of fused-ring (bicyclic) bond motifs is 1. The molecule has 2 N–H and O–H groups in total. The van der Waals surface area contributed by atoms with Crippen molar-refractivity contribution in [3.05, 3.63) is 36.2 Å². The number of amides is 2. The molecule has 108 valence electrons. The highest BCUT2D eigenvalue weighted by atomic mass is 16.2. The summed E-state index contributed by atoms with van der Waals surface area (Å²) in [5.74, 6) is -0.116. The zero-order valence-electron chi connectivity index (χ0n) is 11.5. The van der Waals surface area contributed by atoms with Gasteiger partial charge in [-0.25, -0.2) is 4.68 Å². The van der Waals surface area contributed by atoms with E-state index in [2.05, 4.69) is 27.6 Å². The van der Waals surface area contributed by atoms with Crippen molar-refractivity contribution in [3.8, 4) is 0 Å². The maximum Gasteiger partial charge on any atom is 0.252 e. The Labute approximate surface area is 121 Å². The fourth-order valence-corrected chi connectivity index (χ4v) is 2.26. The van der Waals surface area contributed by atoms with E-state index in [1.165, 1.54) is 16.6 Å². The number of anilines is 2. The van der Waals surface area contributed by atoms with Crippen LogP contribution in [0.2, 0.25) is 0 Å². The molecule has 1 aromatic heterocycles. The van der Waals surface area contributed by atoms with Crippen molar-refractivity contribution in [2.24, 2.45) is 0 Å². The highest BCUT2D eigenvalue weighted by Gasteiger charge is 2.33. The molecule has 1 aromatic carbocycles. The van der Waals surface area contributed by atoms with Gasteiger partial charge in [0.25, 0.3) is 5.91 Å². The summed E-state index contributed by atoms with van der Waals surface area (Å²) in [6, 6.07) is 7.00. The second-order valence-electron chi connectivity index (χ2n) is 4.84. The lowest BCUT2D eigenvalue weighted by atomic mass is 10.1. The second-order valence-corrected chi connectivity index (χ2v) is 4.84. The van der Waals surface area contributed by atoms with Crippen LogP contribution >= 0.6 is 0 Å². The van der Waals surface area contributed by atoms with Crippen LogP contribution in [0.3, 0.4) is 0 Å². The molecule has 2 heterocycles. The number of aromatic nitrogens is 3. The average molecular weight is 285 g/mol. The van der Waals surface area contributed by atoms with E-state index in [1.807, 2.05) is 24.3 Å². The number of carbonyl (C=O) groups excluding carboxylic acids is 2. The van der Waals surface area contributed by atoms with E-state index in [4.69, 9.17) is 0 Å². The smallest absolute Gasteiger partial charge is 0.252 e. The minimum Gasteiger partial charge on any atom is -0.326 e. The molecule has 1 aliphatic heterocycles. The molecule has 0 fully saturated rings. The number of carbonyl (C=O) groups is 2. The molecule has 0 aliphatic carbocycles. The molecule has 0 bridgehead atoms. The van der Waals surface area contributed by atoms with Crippen LogP contribution in [0, 0.1) is 0 Å². The molecule has 21 heavy (non-hydrogen) atoms. The lowest BCUT2D eigenvalue weighted by molar-refractivity contribution is -0.123. The Bertz CT molecular complexity index is 677. The maximum atomic E-state index is 12.0. The van der Waals surface area contributed by atoms with Crippen molar-refractivity contribution in [2.75, 3.05) is 10.6 Å². The number of hydrogen-bond donors (Lipinski definition) is 2. The first-order chi connectivity index (χ1) is 10.2. The highest BCUT2D eigenvalue weighted by molar-refractivity contribution is 6.00. The molecule has 7 heteroatoms. The van der Waals surface area contributed by atoms with Crippen molar-refractivity contribution in [3.63, 3.8) is 0 Å². The standard InChI is InChI=1S/C14H15N5O2/c1-2-9-3-5-10(6-4-9)17-12(20)7-11-13(21)18-14-15-8-16-19(11)14/h3-6,8,11H,2,7H2,1H3,(H,17,20)(H,15,16,18,21). The number of hydrogen-bond acceptors (Lipinski definition) is 4. The van der Waals surface area contributed by atoms with Gasteiger partial charge in [0, 0.05) is 5.69 Å². The van der Waals surface area contributed by atoms with E-state index in [-0.39, 0.29) is 18.2 Å². The first-order valence-electron chi connectivity index (χ1n) is 6.76. The third-order valence-electron chi connectivity index (χ3n) is 3.43. The van der Waals surface area contributed by atoms with E-state index >= 15 is 0 Å². The van der Waals surface area contributed by atoms with Gasteiger partial charge in [-0.3, -0.25) is 14.9 Å². The van der Waals surface area contributed by atoms with Crippen LogP contribution in [0.15, 0.2) is 30.6 Å². The van der Waals surface area contributed by atoms with Crippen LogP contribution in [0.4, 0.5) is 11.6 Å². The Kier molecular flexibility index (Phi) is 3.39. The lowest BCUT2D eigenvalue weighted by Gasteiger charge is -2.10. The maximum absolute atomic E-state index is 12.0. The second kappa shape index (κ2) is 5.35. The minimum absolute atomic E-state index is 0.0255. The molecule has 1 unspecified atom stereocenters. The molecule has 0 radical (unpaired) electrons. The van der Waals surface area contributed by atoms with Gasteiger partial charge in [0.15, 0.2) is 0 Å². The molecule has 2 amide bonds. The summed E-state index contributed by atoms with van der Waals surface area (Å²) in [6.07, 6.45) is 2.33. The Balaban J connectivity index is 1.65. The molecule has 0 saturated heterocycles. The number of rotatable bonds is 4. The summed E-state index contributed by atoms with van der Waals surface area (Å²) in [6.45, 7) is 2.07. The first kappa shape index (κ1) is 13.3. The normalized spacial score (nSPS) is 16.4. The fourth-order valence-electron chi connectivity index (χ4n) is 2.26. The summed E-state index contributed by atoms with van der Waals surface area (Å²) >= 11 is 0. The van der Waals surface area contributed by atoms with Gasteiger partial charge in [0.2, 0.25) is 11.9 Å². The zero-order chi connectivity index (χ0) is 14.8. The Morgan fingerprint density at radius 2 is 2.14 bits per heavy atom. The van der Waals surface area contributed by atoms with Gasteiger partial charge in [-0.1, -0.05) is 19.1 Å². The number of aryl methyl sites for hydroxylation is 1. The van der Waals surface area contributed by atoms with Crippen molar-refractivity contribution in [1.82, 2.24) is 14.8 Å². The molecule has 1 aliphatic rings. The lowest BCUT2D eigenvalue weighted by Crippen LogP contribution is -2.23. The number of nitrogens with zero attached hydrogens (tertiary/aromatic N) is 3. The monoisotopic (exact) mass is 285 g/mol. The molecule has 7 nitrogen and oxygen atoms in total. The Morgan fingerprint density at radius 3 is 2.86 bits per heavy atom. The van der Waals surface area contributed by atoms with Gasteiger partial charge < -0.3 is 5.32 Å². The van der Waals surface area contributed by atoms with Crippen LogP contribution in [0.25, 0.3) is 0 Å². The van der Waals surface area contributed by atoms with E-state index in [0.717, 1.165) is 12.1 Å². The minimum atomic E-state index is -0.641. The van der Waals surface area contributed by atoms with E-state index in [1.54, 1.807) is 0 Å². The van der Waals surface area contributed by atoms with Gasteiger partial charge in [0.1, 0.15) is 12.4 Å². The summed E-state index contributed by atoms with van der Waals surface area (Å²) < 4.78 is 1.43. The summed E-state index contributed by atoms with van der Waals surface area (Å²) in [5, 5.41) is 9.32. The van der Waals surface area contributed by atoms with Gasteiger partial charge >= 0.3 is 0 Å². The predicted molar refractivity (Wildman–Crippen MR) is 76.8 cm³/mol. The molecule has 0 spiro atoms. The molecule has 1 atom stereocenters. The average Bonchev–Trinajstić information content (AvgIpc) is 3.03. The molecular weight excluding hydrogens is 270 g/mol. The summed E-state index contributed by atoms with van der Waals surface area (Å²) in [7, 11) is 0. The Hall–Kier alpha value is -2.70. The van der Waals surface area contributed by atoms with Crippen LogP contribution in [0.1, 0.15) is 24.9 Å². The van der Waals surface area contributed by atoms with Crippen molar-refractivity contribution < 1.29 is 9.59 Å². The van der Waals surface area contributed by atoms with Crippen LogP contribution in [0.5, 0.6) is 0 Å². The van der Waals surface area contributed by atoms with Crippen LogP contribution in [-0.2, 0) is 16.0 Å². The SMILES string of the molecule is CCc1ccc(NC(=O)CC2C(=O)Nc3ncnn32)cc1. The van der Waals surface area contributed by atoms with E-state index < -0.39 is 6.04 Å². The van der Waals surface area contributed by atoms with Crippen LogP contribution < -0.4 is 10.6 Å². The molecule has 3 rings (SSSR count). The Morgan fingerprint density at radius 1 is 1.38 bits per heavy atom. The van der Waals surface area contributed by atoms with Gasteiger partial charge in [-0.15, -0.1) is 0 Å². The predicted octanol–water partition coefficient (Wildman–Crippen LogP) is 1.36. The first-order valence-corrected chi connectivity index (χ1v) is 6.76. The van der Waals surface area contributed by atoms with Crippen molar-refractivity contribution >= 4 is 23.5 Å². The summed E-state index contributed by atoms with van der Waals surface area (Å²) in [5.41, 5.74) is 1.92. The van der Waals surface area contributed by atoms with Crippen LogP contribution in [-0.4, -0.2) is 26.6 Å². The van der Waals surface area contributed by atoms with Crippen molar-refractivity contribution in [2.45, 2.75) is 25.8 Å². The number of nitrogens with one attached hydrogen (secondary N) is 2. The van der Waals surface area contributed by atoms with E-state index in [0.29, 0.717) is 5.95 Å². The van der Waals surface area contributed by atoms with Gasteiger partial charge in [0.05, 0.1) is 6.42 Å². The fraction of sp³-hybridized carbons (Fsp3) is 0.286. The van der Waals surface area contributed by atoms with Crippen molar-refractivity contribution in [1.29, 1.82) is 0 Å². The summed E-state index contributed by atoms with van der Waals surface area (Å²) in [4.78, 5) is 27.7. The zero-order valence-corrected chi connectivity index (χ0v) is 11.5. The van der Waals surface area contributed by atoms with Gasteiger partial charge in [-0.05, 0) is 24.1 Å². The molecule has 0 saturated carbocycles. The molecular formula is C14H15N5O2. The van der Waals surface area contributed by atoms with Gasteiger partial charge in [-0.2, -0.15) is 10.1 Å². The quantitative estimate of drug-likeness (QED) is 0.887.